The molecule has 0 heterocycles. The quantitative estimate of drug-likeness (QED) is 0.396. The van der Waals surface area contributed by atoms with Crippen molar-refractivity contribution in [3.05, 3.63) is 56.8 Å². The van der Waals surface area contributed by atoms with Crippen molar-refractivity contribution in [3.63, 3.8) is 0 Å². The van der Waals surface area contributed by atoms with Crippen molar-refractivity contribution in [1.82, 2.24) is 0 Å². The molecule has 0 aliphatic carbocycles. The highest BCUT2D eigenvalue weighted by Gasteiger charge is 2.25. The van der Waals surface area contributed by atoms with E-state index in [2.05, 4.69) is 4.74 Å². The second-order valence-corrected chi connectivity index (χ2v) is 5.40. The minimum absolute atomic E-state index is 0.0800. The Bertz CT molecular complexity index is 928. The van der Waals surface area contributed by atoms with Crippen molar-refractivity contribution in [3.8, 4) is 23.3 Å². The van der Waals surface area contributed by atoms with Crippen LogP contribution in [0.1, 0.15) is 12.5 Å². The predicted octanol–water partition coefficient (Wildman–Crippen LogP) is 3.99. The van der Waals surface area contributed by atoms with Crippen LogP contribution in [0.3, 0.4) is 0 Å². The highest BCUT2D eigenvalue weighted by molar-refractivity contribution is 6.30. The van der Waals surface area contributed by atoms with E-state index in [0.717, 1.165) is 12.1 Å². The zero-order valence-corrected chi connectivity index (χ0v) is 14.7. The fraction of sp³-hybridized carbons (Fsp3) is 0.176. The van der Waals surface area contributed by atoms with E-state index < -0.39 is 40.5 Å². The van der Waals surface area contributed by atoms with E-state index in [1.807, 2.05) is 6.07 Å². The largest absolute Gasteiger partial charge is 0.479 e. The number of nitro benzene ring substituents is 1. The summed E-state index contributed by atoms with van der Waals surface area (Å²) in [6.07, 6.45) is 0. The van der Waals surface area contributed by atoms with Gasteiger partial charge in [0.05, 0.1) is 23.2 Å². The number of nitro groups is 1. The van der Waals surface area contributed by atoms with Gasteiger partial charge in [0.2, 0.25) is 11.6 Å². The van der Waals surface area contributed by atoms with Crippen LogP contribution in [-0.2, 0) is 9.53 Å². The van der Waals surface area contributed by atoms with Gasteiger partial charge in [0.25, 0.3) is 0 Å². The van der Waals surface area contributed by atoms with Gasteiger partial charge in [-0.1, -0.05) is 11.6 Å². The number of nitrogens with zero attached hydrogens (tertiary/aromatic N) is 2. The first-order chi connectivity index (χ1) is 12.8. The lowest BCUT2D eigenvalue weighted by Crippen LogP contribution is -2.15. The summed E-state index contributed by atoms with van der Waals surface area (Å²) in [5, 5.41) is 20.3. The number of hydrogen-bond acceptors (Lipinski definition) is 7. The molecule has 0 N–H and O–H groups in total. The van der Waals surface area contributed by atoms with Gasteiger partial charge in [-0.05, 0) is 31.2 Å². The molecule has 0 saturated carbocycles. The van der Waals surface area contributed by atoms with Gasteiger partial charge in [0.15, 0.2) is 12.4 Å². The third kappa shape index (κ3) is 5.05. The van der Waals surface area contributed by atoms with E-state index in [4.69, 9.17) is 26.3 Å². The van der Waals surface area contributed by atoms with Crippen LogP contribution in [0.25, 0.3) is 0 Å². The van der Waals surface area contributed by atoms with Crippen LogP contribution in [-0.4, -0.2) is 24.1 Å². The number of nitriles is 1. The fourth-order valence-electron chi connectivity index (χ4n) is 2.02. The van der Waals surface area contributed by atoms with Gasteiger partial charge in [-0.3, -0.25) is 10.1 Å². The van der Waals surface area contributed by atoms with Gasteiger partial charge >= 0.3 is 11.7 Å². The van der Waals surface area contributed by atoms with Crippen LogP contribution in [0, 0.1) is 27.3 Å². The molecular weight excluding hydrogens is 383 g/mol. The topological polar surface area (TPSA) is 112 Å². The molecule has 0 bridgehead atoms. The van der Waals surface area contributed by atoms with Crippen molar-refractivity contribution < 1.29 is 28.3 Å². The number of benzene rings is 2. The molecule has 2 rings (SSSR count). The lowest BCUT2D eigenvalue weighted by molar-refractivity contribution is -0.385. The Hall–Kier alpha value is -3.38. The Labute approximate surface area is 157 Å². The number of esters is 1. The lowest BCUT2D eigenvalue weighted by atomic mass is 10.2. The Morgan fingerprint density at radius 1 is 1.37 bits per heavy atom. The first kappa shape index (κ1) is 19.9. The summed E-state index contributed by atoms with van der Waals surface area (Å²) in [5.74, 6) is -3.18. The van der Waals surface area contributed by atoms with E-state index in [9.17, 15) is 19.3 Å². The molecule has 0 saturated heterocycles. The molecule has 0 aliphatic heterocycles. The molecule has 10 heteroatoms. The molecule has 2 aromatic rings. The summed E-state index contributed by atoms with van der Waals surface area (Å²) in [4.78, 5) is 21.7. The SMILES string of the molecule is CCOC(=O)COc1ccc([N+](=O)[O-])c(Oc2cc(Cl)cc(C#N)c2)c1F. The van der Waals surface area contributed by atoms with E-state index in [1.54, 1.807) is 6.92 Å². The summed E-state index contributed by atoms with van der Waals surface area (Å²) in [5.41, 5.74) is -0.551. The van der Waals surface area contributed by atoms with Gasteiger partial charge in [0, 0.05) is 11.1 Å². The van der Waals surface area contributed by atoms with E-state index in [-0.39, 0.29) is 22.9 Å². The highest BCUT2D eigenvalue weighted by atomic mass is 35.5. The minimum Gasteiger partial charge on any atom is -0.479 e. The second-order valence-electron chi connectivity index (χ2n) is 4.97. The lowest BCUT2D eigenvalue weighted by Gasteiger charge is -2.12. The van der Waals surface area contributed by atoms with Gasteiger partial charge in [-0.2, -0.15) is 9.65 Å². The average Bonchev–Trinajstić information content (AvgIpc) is 2.61. The molecule has 0 radical (unpaired) electrons. The van der Waals surface area contributed by atoms with Gasteiger partial charge in [-0.25, -0.2) is 4.79 Å². The molecule has 0 atom stereocenters. The number of hydrogen-bond donors (Lipinski definition) is 0. The number of carbonyl (C=O) groups excluding carboxylic acids is 1. The normalized spacial score (nSPS) is 10.0. The smallest absolute Gasteiger partial charge is 0.344 e. The van der Waals surface area contributed by atoms with Gasteiger partial charge < -0.3 is 14.2 Å². The molecular formula is C17H12ClFN2O6. The number of halogens is 2. The third-order valence-corrected chi connectivity index (χ3v) is 3.33. The van der Waals surface area contributed by atoms with E-state index >= 15 is 0 Å². The Morgan fingerprint density at radius 2 is 2.11 bits per heavy atom. The summed E-state index contributed by atoms with van der Waals surface area (Å²) in [6.45, 7) is 1.13. The monoisotopic (exact) mass is 394 g/mol. The Morgan fingerprint density at radius 3 is 2.74 bits per heavy atom. The molecule has 0 aromatic heterocycles. The maximum absolute atomic E-state index is 14.7. The number of carbonyl (C=O) groups is 1. The zero-order valence-electron chi connectivity index (χ0n) is 13.9. The third-order valence-electron chi connectivity index (χ3n) is 3.11. The Kier molecular flexibility index (Phi) is 6.51. The first-order valence-corrected chi connectivity index (χ1v) is 7.87. The van der Waals surface area contributed by atoms with Crippen LogP contribution < -0.4 is 9.47 Å². The Balaban J connectivity index is 2.39. The molecule has 0 fully saturated rings. The molecule has 27 heavy (non-hydrogen) atoms. The maximum Gasteiger partial charge on any atom is 0.344 e. The summed E-state index contributed by atoms with van der Waals surface area (Å²) < 4.78 is 29.6. The van der Waals surface area contributed by atoms with Crippen molar-refractivity contribution in [2.45, 2.75) is 6.92 Å². The predicted molar refractivity (Wildman–Crippen MR) is 91.4 cm³/mol. The molecule has 8 nitrogen and oxygen atoms in total. The van der Waals surface area contributed by atoms with Crippen molar-refractivity contribution in [2.24, 2.45) is 0 Å². The van der Waals surface area contributed by atoms with Crippen molar-refractivity contribution >= 4 is 23.3 Å². The standard InChI is InChI=1S/C17H12ClFN2O6/c1-2-25-15(22)9-26-14-4-3-13(21(23)24)17(16(14)19)27-12-6-10(8-20)5-11(18)7-12/h3-7H,2,9H2,1H3. The maximum atomic E-state index is 14.7. The summed E-state index contributed by atoms with van der Waals surface area (Å²) >= 11 is 5.85. The molecule has 0 aliphatic rings. The molecule has 140 valence electrons. The van der Waals surface area contributed by atoms with Crippen molar-refractivity contribution in [1.29, 1.82) is 5.26 Å². The highest BCUT2D eigenvalue weighted by Crippen LogP contribution is 2.39. The van der Waals surface area contributed by atoms with Crippen LogP contribution in [0.2, 0.25) is 5.02 Å². The summed E-state index contributed by atoms with van der Waals surface area (Å²) in [6, 6.07) is 7.64. The van der Waals surface area contributed by atoms with Crippen LogP contribution >= 0.6 is 11.6 Å². The molecule has 2 aromatic carbocycles. The molecule has 0 unspecified atom stereocenters. The van der Waals surface area contributed by atoms with Gasteiger partial charge in [-0.15, -0.1) is 0 Å². The van der Waals surface area contributed by atoms with E-state index in [1.165, 1.54) is 18.2 Å². The molecule has 0 amide bonds. The van der Waals surface area contributed by atoms with Crippen LogP contribution in [0.4, 0.5) is 10.1 Å². The van der Waals surface area contributed by atoms with Gasteiger partial charge in [0.1, 0.15) is 5.75 Å². The number of ether oxygens (including phenoxy) is 3. The van der Waals surface area contributed by atoms with Crippen LogP contribution in [0.15, 0.2) is 30.3 Å². The zero-order chi connectivity index (χ0) is 20.0. The van der Waals surface area contributed by atoms with Crippen molar-refractivity contribution in [2.75, 3.05) is 13.2 Å². The van der Waals surface area contributed by atoms with Crippen LogP contribution in [0.5, 0.6) is 17.2 Å². The second kappa shape index (κ2) is 8.82. The number of rotatable bonds is 7. The fourth-order valence-corrected chi connectivity index (χ4v) is 2.25. The van der Waals surface area contributed by atoms with E-state index in [0.29, 0.717) is 0 Å². The summed E-state index contributed by atoms with van der Waals surface area (Å²) in [7, 11) is 0. The first-order valence-electron chi connectivity index (χ1n) is 7.49. The average molecular weight is 395 g/mol. The molecule has 0 spiro atoms. The minimum atomic E-state index is -1.19.